The molecule has 1 amide bonds. The first kappa shape index (κ1) is 28.6. The van der Waals surface area contributed by atoms with Crippen molar-refractivity contribution in [2.45, 2.75) is 61.7 Å². The van der Waals surface area contributed by atoms with E-state index in [9.17, 15) is 29.7 Å². The van der Waals surface area contributed by atoms with Gasteiger partial charge in [0.15, 0.2) is 28.9 Å². The van der Waals surface area contributed by atoms with Crippen molar-refractivity contribution in [2.24, 2.45) is 11.5 Å². The maximum Gasteiger partial charge on any atom is 0.241 e. The van der Waals surface area contributed by atoms with Crippen molar-refractivity contribution in [2.75, 3.05) is 17.2 Å². The summed E-state index contributed by atoms with van der Waals surface area (Å²) in [5, 5.41) is 39.2. The van der Waals surface area contributed by atoms with E-state index in [0.29, 0.717) is 19.4 Å². The second kappa shape index (κ2) is 10.3. The van der Waals surface area contributed by atoms with Crippen LogP contribution in [-0.2, 0) is 15.1 Å². The lowest BCUT2D eigenvalue weighted by Crippen LogP contribution is -2.54. The number of phenolic OH excluding ortho intramolecular Hbond substituents is 1. The maximum atomic E-state index is 14.0. The van der Waals surface area contributed by atoms with Gasteiger partial charge in [0.1, 0.15) is 11.8 Å². The van der Waals surface area contributed by atoms with Gasteiger partial charge in [0, 0.05) is 22.4 Å². The number of benzene rings is 2. The number of ether oxygens (including phenoxy) is 1. The van der Waals surface area contributed by atoms with E-state index < -0.39 is 58.7 Å². The Kier molecular flexibility index (Phi) is 6.89. The van der Waals surface area contributed by atoms with Crippen LogP contribution in [0.1, 0.15) is 63.6 Å². The molecule has 1 fully saturated rings. The number of rotatable bonds is 7. The van der Waals surface area contributed by atoms with Gasteiger partial charge in [0.25, 0.3) is 0 Å². The number of ketones is 2. The number of nitrogens with one attached hydrogen (secondary N) is 2. The molecule has 2 aliphatic heterocycles. The number of hydrogen-bond donors (Lipinski definition) is 7. The van der Waals surface area contributed by atoms with Gasteiger partial charge in [-0.3, -0.25) is 14.4 Å². The quantitative estimate of drug-likeness (QED) is 0.0897. The number of fused-ring (bicyclic) bond motifs is 4. The van der Waals surface area contributed by atoms with Crippen LogP contribution in [0.3, 0.4) is 0 Å². The van der Waals surface area contributed by atoms with Gasteiger partial charge in [0.05, 0.1) is 29.0 Å². The summed E-state index contributed by atoms with van der Waals surface area (Å²) in [7, 11) is 0. The normalized spacial score (nSPS) is 26.9. The highest BCUT2D eigenvalue weighted by atomic mass is 16.7. The summed E-state index contributed by atoms with van der Waals surface area (Å²) in [6, 6.07) is 3.87. The Labute approximate surface area is 247 Å². The fourth-order valence-electron chi connectivity index (χ4n) is 6.39. The Bertz CT molecular complexity index is 1740. The van der Waals surface area contributed by atoms with E-state index in [1.54, 1.807) is 0 Å². The first-order valence-corrected chi connectivity index (χ1v) is 14.0. The molecule has 2 aliphatic carbocycles. The summed E-state index contributed by atoms with van der Waals surface area (Å²) >= 11 is 0. The lowest BCUT2D eigenvalue weighted by molar-refractivity contribution is -0.117. The third kappa shape index (κ3) is 4.09. The van der Waals surface area contributed by atoms with Crippen molar-refractivity contribution >= 4 is 28.8 Å². The second-order valence-corrected chi connectivity index (χ2v) is 11.1. The molecule has 9 N–H and O–H groups in total. The number of amides is 1. The molecule has 43 heavy (non-hydrogen) atoms. The Hall–Kier alpha value is -4.49. The van der Waals surface area contributed by atoms with Crippen molar-refractivity contribution in [3.05, 3.63) is 64.2 Å². The van der Waals surface area contributed by atoms with Crippen molar-refractivity contribution in [1.82, 2.24) is 0 Å². The number of anilines is 2. The largest absolute Gasteiger partial charge is 0.507 e. The molecule has 11 nitrogen and oxygen atoms in total. The van der Waals surface area contributed by atoms with Crippen LogP contribution in [-0.4, -0.2) is 69.2 Å². The third-order valence-corrected chi connectivity index (χ3v) is 8.53. The highest BCUT2D eigenvalue weighted by Crippen LogP contribution is 2.67. The van der Waals surface area contributed by atoms with Gasteiger partial charge in [-0.25, -0.2) is 0 Å². The SMILES string of the molecule is CC(O)C12OC13c1cc(O)c4c(c1NC2C#CC=CC#CC3O)C(=O)c1ccc(NC(=O)C(N)CCCCN)cc1C4=O. The number of nitrogens with two attached hydrogens (primary N) is 2. The Balaban J connectivity index is 1.43. The van der Waals surface area contributed by atoms with E-state index in [4.69, 9.17) is 16.2 Å². The highest BCUT2D eigenvalue weighted by Gasteiger charge is 2.82. The van der Waals surface area contributed by atoms with Crippen molar-refractivity contribution in [1.29, 1.82) is 0 Å². The molecule has 6 atom stereocenters. The average Bonchev–Trinajstić information content (AvgIpc) is 3.71. The monoisotopic (exact) mass is 582 g/mol. The molecule has 2 heterocycles. The molecule has 0 radical (unpaired) electrons. The predicted molar refractivity (Wildman–Crippen MR) is 156 cm³/mol. The molecule has 6 unspecified atom stereocenters. The van der Waals surface area contributed by atoms with Crippen LogP contribution in [0.5, 0.6) is 5.75 Å². The lowest BCUT2D eigenvalue weighted by atomic mass is 9.69. The van der Waals surface area contributed by atoms with Crippen LogP contribution in [0.4, 0.5) is 11.4 Å². The Morgan fingerprint density at radius 3 is 2.56 bits per heavy atom. The number of phenols is 1. The zero-order valence-corrected chi connectivity index (χ0v) is 23.2. The average molecular weight is 583 g/mol. The minimum Gasteiger partial charge on any atom is -0.507 e. The number of carbonyl (C=O) groups excluding carboxylic acids is 3. The summed E-state index contributed by atoms with van der Waals surface area (Å²) in [6.07, 6.45) is 2.21. The molecular weight excluding hydrogens is 552 g/mol. The van der Waals surface area contributed by atoms with E-state index in [-0.39, 0.29) is 39.2 Å². The number of aromatic hydroxyl groups is 1. The molecule has 0 aromatic heterocycles. The summed E-state index contributed by atoms with van der Waals surface area (Å²) < 4.78 is 6.17. The minimum atomic E-state index is -1.65. The molecule has 1 saturated heterocycles. The fourth-order valence-corrected chi connectivity index (χ4v) is 6.39. The Morgan fingerprint density at radius 1 is 1.12 bits per heavy atom. The summed E-state index contributed by atoms with van der Waals surface area (Å²) in [5.41, 5.74) is 8.68. The highest BCUT2D eigenvalue weighted by molar-refractivity contribution is 6.31. The van der Waals surface area contributed by atoms with Crippen LogP contribution >= 0.6 is 0 Å². The molecule has 220 valence electrons. The molecule has 2 aromatic carbocycles. The number of allylic oxidation sites excluding steroid dienone is 2. The van der Waals surface area contributed by atoms with Crippen LogP contribution in [0.2, 0.25) is 0 Å². The number of epoxide rings is 1. The number of carbonyl (C=O) groups is 3. The predicted octanol–water partition coefficient (Wildman–Crippen LogP) is 0.639. The van der Waals surface area contributed by atoms with E-state index in [2.05, 4.69) is 34.3 Å². The molecule has 4 aliphatic rings. The molecular formula is C32H30N4O7. The van der Waals surface area contributed by atoms with E-state index in [0.717, 1.165) is 6.42 Å². The van der Waals surface area contributed by atoms with E-state index in [1.807, 2.05) is 0 Å². The van der Waals surface area contributed by atoms with Crippen LogP contribution in [0.25, 0.3) is 0 Å². The van der Waals surface area contributed by atoms with Gasteiger partial charge in [-0.15, -0.1) is 0 Å². The number of aliphatic hydroxyl groups is 2. The summed E-state index contributed by atoms with van der Waals surface area (Å²) in [5.74, 6) is 9.05. The van der Waals surface area contributed by atoms with Gasteiger partial charge in [0.2, 0.25) is 5.91 Å². The zero-order valence-electron chi connectivity index (χ0n) is 23.2. The molecule has 0 saturated carbocycles. The number of hydrogen-bond acceptors (Lipinski definition) is 10. The van der Waals surface area contributed by atoms with Gasteiger partial charge in [-0.1, -0.05) is 30.1 Å². The fraction of sp³-hybridized carbons (Fsp3) is 0.344. The smallest absolute Gasteiger partial charge is 0.241 e. The van der Waals surface area contributed by atoms with E-state index in [1.165, 1.54) is 43.3 Å². The van der Waals surface area contributed by atoms with Gasteiger partial charge in [-0.2, -0.15) is 0 Å². The van der Waals surface area contributed by atoms with Crippen LogP contribution in [0, 0.1) is 23.7 Å². The molecule has 2 aromatic rings. The first-order valence-electron chi connectivity index (χ1n) is 14.0. The van der Waals surface area contributed by atoms with Crippen molar-refractivity contribution in [3.63, 3.8) is 0 Å². The lowest BCUT2D eigenvalue weighted by Gasteiger charge is -2.37. The minimum absolute atomic E-state index is 0.00411. The van der Waals surface area contributed by atoms with E-state index >= 15 is 0 Å². The maximum absolute atomic E-state index is 14.0. The molecule has 6 rings (SSSR count). The second-order valence-electron chi connectivity index (χ2n) is 11.1. The van der Waals surface area contributed by atoms with Gasteiger partial charge >= 0.3 is 0 Å². The Morgan fingerprint density at radius 2 is 1.84 bits per heavy atom. The standard InChI is InChI=1S/C32H30N4O7/c1-16(37)31-23-9-4-2-3-5-10-24(39)32(31,43-31)20-15-22(38)25-26(27(20)36-23)28(40)18-12-11-17(14-19(18)29(25)41)35-30(42)21(34)8-6-7-13-33/h2-3,11-12,14-16,21,23-24,36-39H,6-8,13,33-34H2,1H3,(H,35,42). The van der Waals surface area contributed by atoms with Crippen molar-refractivity contribution in [3.8, 4) is 29.4 Å². The number of aliphatic hydroxyl groups excluding tert-OH is 2. The number of unbranched alkanes of at least 4 members (excludes halogenated alkanes) is 1. The van der Waals surface area contributed by atoms with Crippen LogP contribution < -0.4 is 22.1 Å². The van der Waals surface area contributed by atoms with Crippen LogP contribution in [0.15, 0.2) is 36.4 Å². The van der Waals surface area contributed by atoms with Gasteiger partial charge in [-0.05, 0) is 62.7 Å². The molecule has 11 heteroatoms. The molecule has 0 spiro atoms. The topological polar surface area (TPSA) is 201 Å². The zero-order chi connectivity index (χ0) is 30.7. The third-order valence-electron chi connectivity index (χ3n) is 8.53. The summed E-state index contributed by atoms with van der Waals surface area (Å²) in [4.78, 5) is 40.5. The summed E-state index contributed by atoms with van der Waals surface area (Å²) in [6.45, 7) is 2.00. The van der Waals surface area contributed by atoms with Crippen molar-refractivity contribution < 1.29 is 34.4 Å². The molecule has 2 bridgehead atoms. The van der Waals surface area contributed by atoms with Gasteiger partial charge < -0.3 is 42.2 Å². The first-order chi connectivity index (χ1) is 20.6.